The van der Waals surface area contributed by atoms with Crippen LogP contribution in [0.1, 0.15) is 52.2 Å². The van der Waals surface area contributed by atoms with E-state index < -0.39 is 46.4 Å². The number of ketones is 2. The van der Waals surface area contributed by atoms with Gasteiger partial charge in [-0.3, -0.25) is 9.59 Å². The van der Waals surface area contributed by atoms with E-state index >= 15 is 0 Å². The van der Waals surface area contributed by atoms with E-state index in [1.807, 2.05) is 0 Å². The molecule has 0 aromatic carbocycles. The monoisotopic (exact) mass is 370 g/mol. The van der Waals surface area contributed by atoms with Crippen LogP contribution in [0, 0.1) is 0 Å². The molecule has 3 rings (SSSR count). The number of carbonyl (C=O) groups excluding carboxylic acids is 3. The number of aromatic carboxylic acids is 2. The molecule has 0 amide bonds. The van der Waals surface area contributed by atoms with Gasteiger partial charge < -0.3 is 19.9 Å². The van der Waals surface area contributed by atoms with Gasteiger partial charge in [-0.2, -0.15) is 0 Å². The molecule has 10 nitrogen and oxygen atoms in total. The van der Waals surface area contributed by atoms with E-state index in [2.05, 4.69) is 16.5 Å². The van der Waals surface area contributed by atoms with Crippen molar-refractivity contribution in [3.8, 4) is 11.3 Å². The van der Waals surface area contributed by atoms with Crippen LogP contribution in [0.5, 0.6) is 0 Å². The number of aromatic amines is 1. The summed E-state index contributed by atoms with van der Waals surface area (Å²) in [5.74, 6) is -6.17. The van der Waals surface area contributed by atoms with Gasteiger partial charge in [-0.25, -0.2) is 19.4 Å². The molecule has 2 aromatic heterocycles. The number of hydrogen-bond acceptors (Lipinski definition) is 7. The standard InChI is InChI=1S/C17H10N2O8/c1-2-3-27-17(26)9-5-7-11(19-9)10-6(15(22)23)4-8(16(24)25)18-12(10)14(21)13(7)20/h2,4-5,19H,1,3H2,(H,22,23)(H,24,25). The predicted molar refractivity (Wildman–Crippen MR) is 87.1 cm³/mol. The van der Waals surface area contributed by atoms with E-state index in [4.69, 9.17) is 9.84 Å². The maximum absolute atomic E-state index is 12.3. The Labute approximate surface area is 150 Å². The molecule has 0 spiro atoms. The number of carboxylic acids is 2. The second kappa shape index (κ2) is 6.33. The molecule has 3 N–H and O–H groups in total. The molecule has 136 valence electrons. The summed E-state index contributed by atoms with van der Waals surface area (Å²) in [6.07, 6.45) is 1.32. The number of nitrogens with zero attached hydrogens (tertiary/aromatic N) is 1. The molecular formula is C17H10N2O8. The number of aromatic nitrogens is 2. The first-order valence-corrected chi connectivity index (χ1v) is 7.38. The smallest absolute Gasteiger partial charge is 0.355 e. The summed E-state index contributed by atoms with van der Waals surface area (Å²) in [6.45, 7) is 3.29. The van der Waals surface area contributed by atoms with Gasteiger partial charge in [-0.15, -0.1) is 0 Å². The van der Waals surface area contributed by atoms with Crippen LogP contribution in [0.3, 0.4) is 0 Å². The minimum Gasteiger partial charge on any atom is -0.478 e. The van der Waals surface area contributed by atoms with Gasteiger partial charge >= 0.3 is 17.9 Å². The third kappa shape index (κ3) is 2.78. The van der Waals surface area contributed by atoms with E-state index in [0.29, 0.717) is 0 Å². The first kappa shape index (κ1) is 17.7. The molecule has 0 fully saturated rings. The number of esters is 1. The first-order valence-electron chi connectivity index (χ1n) is 7.38. The highest BCUT2D eigenvalue weighted by Gasteiger charge is 2.38. The van der Waals surface area contributed by atoms with Crippen LogP contribution in [-0.2, 0) is 4.74 Å². The normalized spacial score (nSPS) is 12.1. The highest BCUT2D eigenvalue weighted by molar-refractivity contribution is 6.52. The van der Waals surface area contributed by atoms with Gasteiger partial charge in [0.05, 0.1) is 16.8 Å². The van der Waals surface area contributed by atoms with Gasteiger partial charge in [0, 0.05) is 5.56 Å². The maximum Gasteiger partial charge on any atom is 0.355 e. The van der Waals surface area contributed by atoms with Crippen LogP contribution < -0.4 is 0 Å². The average molecular weight is 370 g/mol. The van der Waals surface area contributed by atoms with Crippen LogP contribution in [-0.4, -0.2) is 56.3 Å². The third-order valence-corrected chi connectivity index (χ3v) is 3.75. The third-order valence-electron chi connectivity index (χ3n) is 3.75. The minimum absolute atomic E-state index is 0.101. The summed E-state index contributed by atoms with van der Waals surface area (Å²) in [5, 5.41) is 18.5. The summed E-state index contributed by atoms with van der Waals surface area (Å²) < 4.78 is 4.84. The van der Waals surface area contributed by atoms with E-state index in [9.17, 15) is 29.1 Å². The second-order valence-electron chi connectivity index (χ2n) is 5.41. The van der Waals surface area contributed by atoms with Crippen LogP contribution in [0.25, 0.3) is 11.3 Å². The molecule has 0 atom stereocenters. The lowest BCUT2D eigenvalue weighted by Gasteiger charge is -2.16. The number of nitrogens with one attached hydrogen (secondary N) is 1. The number of H-pyrrole nitrogens is 1. The van der Waals surface area contributed by atoms with Crippen molar-refractivity contribution in [1.82, 2.24) is 9.97 Å². The molecule has 1 aliphatic carbocycles. The molecule has 2 heterocycles. The lowest BCUT2D eigenvalue weighted by Crippen LogP contribution is -2.25. The molecule has 1 aliphatic rings. The Morgan fingerprint density at radius 1 is 1.15 bits per heavy atom. The molecule has 27 heavy (non-hydrogen) atoms. The number of pyridine rings is 1. The Morgan fingerprint density at radius 3 is 2.44 bits per heavy atom. The van der Waals surface area contributed by atoms with Gasteiger partial charge in [0.25, 0.3) is 5.78 Å². The number of ether oxygens (including phenoxy) is 1. The predicted octanol–water partition coefficient (Wildman–Crippen LogP) is 1.19. The number of hydrogen-bond donors (Lipinski definition) is 3. The molecule has 2 aromatic rings. The van der Waals surface area contributed by atoms with Crippen molar-refractivity contribution in [2.24, 2.45) is 0 Å². The van der Waals surface area contributed by atoms with E-state index in [1.165, 1.54) is 6.08 Å². The Balaban J connectivity index is 2.27. The van der Waals surface area contributed by atoms with Crippen molar-refractivity contribution in [2.75, 3.05) is 6.61 Å². The highest BCUT2D eigenvalue weighted by Crippen LogP contribution is 2.36. The highest BCUT2D eigenvalue weighted by atomic mass is 16.5. The first-order chi connectivity index (χ1) is 12.8. The van der Waals surface area contributed by atoms with Crippen LogP contribution >= 0.6 is 0 Å². The Hall–Kier alpha value is -4.08. The van der Waals surface area contributed by atoms with Gasteiger partial charge in [-0.05, 0) is 12.1 Å². The Kier molecular flexibility index (Phi) is 4.16. The second-order valence-corrected chi connectivity index (χ2v) is 5.41. The zero-order valence-electron chi connectivity index (χ0n) is 13.4. The SMILES string of the molecule is C=CCOC(=O)c1cc2c([nH]1)-c1c(C(=O)O)cc(C(=O)O)nc1C(=O)C2=O. The van der Waals surface area contributed by atoms with Crippen molar-refractivity contribution < 1.29 is 38.9 Å². The van der Waals surface area contributed by atoms with Gasteiger partial charge in [0.15, 0.2) is 0 Å². The van der Waals surface area contributed by atoms with Crippen LogP contribution in [0.15, 0.2) is 24.8 Å². The number of carboxylic acid groups (broad SMARTS) is 2. The van der Waals surface area contributed by atoms with Crippen molar-refractivity contribution in [3.63, 3.8) is 0 Å². The molecule has 10 heteroatoms. The number of fused-ring (bicyclic) bond motifs is 3. The van der Waals surface area contributed by atoms with Crippen LogP contribution in [0.4, 0.5) is 0 Å². The molecule has 0 radical (unpaired) electrons. The zero-order valence-corrected chi connectivity index (χ0v) is 13.4. The number of Topliss-reactive ketones (excluding diaryl/α,β-unsaturated/α-hetero) is 2. The quantitative estimate of drug-likeness (QED) is 0.398. The summed E-state index contributed by atoms with van der Waals surface area (Å²) in [7, 11) is 0. The fraction of sp³-hybridized carbons (Fsp3) is 0.0588. The molecule has 0 saturated heterocycles. The molecule has 0 unspecified atom stereocenters. The maximum atomic E-state index is 12.3. The van der Waals surface area contributed by atoms with Crippen LogP contribution in [0.2, 0.25) is 0 Å². The largest absolute Gasteiger partial charge is 0.478 e. The molecular weight excluding hydrogens is 360 g/mol. The van der Waals surface area contributed by atoms with Crippen molar-refractivity contribution in [3.05, 3.63) is 53.0 Å². The van der Waals surface area contributed by atoms with E-state index in [1.54, 1.807) is 0 Å². The van der Waals surface area contributed by atoms with Crippen molar-refractivity contribution >= 4 is 29.5 Å². The lowest BCUT2D eigenvalue weighted by molar-refractivity contribution is 0.0542. The summed E-state index contributed by atoms with van der Waals surface area (Å²) >= 11 is 0. The number of rotatable bonds is 5. The van der Waals surface area contributed by atoms with Crippen molar-refractivity contribution in [1.29, 1.82) is 0 Å². The zero-order chi connectivity index (χ0) is 19.9. The fourth-order valence-corrected chi connectivity index (χ4v) is 2.62. The van der Waals surface area contributed by atoms with Gasteiger partial charge in [-0.1, -0.05) is 12.7 Å². The fourth-order valence-electron chi connectivity index (χ4n) is 2.62. The summed E-state index contributed by atoms with van der Waals surface area (Å²) in [4.78, 5) is 65.6. The average Bonchev–Trinajstić information content (AvgIpc) is 3.08. The minimum atomic E-state index is -1.56. The lowest BCUT2D eigenvalue weighted by atomic mass is 9.88. The van der Waals surface area contributed by atoms with E-state index in [-0.39, 0.29) is 29.1 Å². The van der Waals surface area contributed by atoms with E-state index in [0.717, 1.165) is 12.1 Å². The molecule has 0 saturated carbocycles. The summed E-state index contributed by atoms with van der Waals surface area (Å²) in [5.41, 5.74) is -2.67. The molecule has 0 bridgehead atoms. The van der Waals surface area contributed by atoms with Gasteiger partial charge in [0.2, 0.25) is 5.78 Å². The van der Waals surface area contributed by atoms with Gasteiger partial charge in [0.1, 0.15) is 23.7 Å². The molecule has 0 aliphatic heterocycles. The Bertz CT molecular complexity index is 1060. The number of carbonyl (C=O) groups is 5. The topological polar surface area (TPSA) is 164 Å². The van der Waals surface area contributed by atoms with Crippen molar-refractivity contribution in [2.45, 2.75) is 0 Å². The summed E-state index contributed by atoms with van der Waals surface area (Å²) in [6, 6.07) is 1.84. The Morgan fingerprint density at radius 2 is 1.85 bits per heavy atom.